The summed E-state index contributed by atoms with van der Waals surface area (Å²) >= 11 is 0. The number of hydrogen-bond donors (Lipinski definition) is 0. The molecule has 0 heterocycles. The van der Waals surface area contributed by atoms with Crippen molar-refractivity contribution in [2.45, 2.75) is 34.6 Å². The number of benzene rings is 1. The highest BCUT2D eigenvalue weighted by atomic mass is 16.5. The SMILES string of the molecule is CCOC(=O)/C=C\C(=C/c1c(C)cc(C)cc1C)C(=O)OCC. The Labute approximate surface area is 137 Å². The zero-order valence-electron chi connectivity index (χ0n) is 14.4. The van der Waals surface area contributed by atoms with Gasteiger partial charge in [-0.25, -0.2) is 9.59 Å². The van der Waals surface area contributed by atoms with Gasteiger partial charge >= 0.3 is 11.9 Å². The molecular formula is C19H24O4. The Morgan fingerprint density at radius 1 is 0.957 bits per heavy atom. The lowest BCUT2D eigenvalue weighted by Gasteiger charge is -2.09. The van der Waals surface area contributed by atoms with Crippen LogP contribution in [-0.4, -0.2) is 25.2 Å². The Hall–Kier alpha value is -2.36. The summed E-state index contributed by atoms with van der Waals surface area (Å²) in [6.07, 6.45) is 4.43. The van der Waals surface area contributed by atoms with Crippen LogP contribution in [0.3, 0.4) is 0 Å². The monoisotopic (exact) mass is 316 g/mol. The Morgan fingerprint density at radius 3 is 2.04 bits per heavy atom. The molecule has 1 aromatic carbocycles. The predicted octanol–water partition coefficient (Wildman–Crippen LogP) is 3.68. The van der Waals surface area contributed by atoms with Crippen LogP contribution in [0.2, 0.25) is 0 Å². The average Bonchev–Trinajstić information content (AvgIpc) is 2.46. The Kier molecular flexibility index (Phi) is 7.26. The number of rotatable bonds is 6. The lowest BCUT2D eigenvalue weighted by molar-refractivity contribution is -0.138. The van der Waals surface area contributed by atoms with Gasteiger partial charge in [-0.1, -0.05) is 17.7 Å². The Morgan fingerprint density at radius 2 is 1.52 bits per heavy atom. The molecule has 0 bridgehead atoms. The van der Waals surface area contributed by atoms with Crippen molar-refractivity contribution in [3.8, 4) is 0 Å². The van der Waals surface area contributed by atoms with Crippen molar-refractivity contribution < 1.29 is 19.1 Å². The van der Waals surface area contributed by atoms with Gasteiger partial charge in [0.1, 0.15) is 0 Å². The van der Waals surface area contributed by atoms with Gasteiger partial charge in [0.25, 0.3) is 0 Å². The van der Waals surface area contributed by atoms with Crippen molar-refractivity contribution in [3.63, 3.8) is 0 Å². The molecule has 4 nitrogen and oxygen atoms in total. The minimum atomic E-state index is -0.486. The van der Waals surface area contributed by atoms with Crippen molar-refractivity contribution in [1.29, 1.82) is 0 Å². The van der Waals surface area contributed by atoms with Crippen LogP contribution in [0, 0.1) is 20.8 Å². The van der Waals surface area contributed by atoms with E-state index in [0.29, 0.717) is 5.57 Å². The maximum absolute atomic E-state index is 12.1. The molecule has 0 spiro atoms. The molecule has 0 N–H and O–H groups in total. The van der Waals surface area contributed by atoms with Crippen molar-refractivity contribution in [2.24, 2.45) is 0 Å². The molecule has 0 saturated carbocycles. The van der Waals surface area contributed by atoms with E-state index in [1.165, 1.54) is 12.2 Å². The number of hydrogen-bond acceptors (Lipinski definition) is 4. The van der Waals surface area contributed by atoms with Crippen molar-refractivity contribution in [3.05, 3.63) is 52.1 Å². The normalized spacial score (nSPS) is 11.6. The molecule has 4 heteroatoms. The average molecular weight is 316 g/mol. The van der Waals surface area contributed by atoms with Gasteiger partial charge in [-0.3, -0.25) is 0 Å². The molecule has 0 radical (unpaired) electrons. The van der Waals surface area contributed by atoms with Gasteiger partial charge in [0, 0.05) is 6.08 Å². The molecule has 1 aromatic rings. The fraction of sp³-hybridized carbons (Fsp3) is 0.368. The second kappa shape index (κ2) is 8.93. The standard InChI is InChI=1S/C19H24O4/c1-6-22-18(20)9-8-16(19(21)23-7-2)12-17-14(4)10-13(3)11-15(17)5/h8-12H,6-7H2,1-5H3/b9-8-,16-12+. The predicted molar refractivity (Wildman–Crippen MR) is 91.0 cm³/mol. The third kappa shape index (κ3) is 5.74. The number of carbonyl (C=O) groups excluding carboxylic acids is 2. The van der Waals surface area contributed by atoms with Gasteiger partial charge in [0.15, 0.2) is 0 Å². The number of carbonyl (C=O) groups is 2. The van der Waals surface area contributed by atoms with Gasteiger partial charge in [0.2, 0.25) is 0 Å². The van der Waals surface area contributed by atoms with Gasteiger partial charge in [-0.05, 0) is 63.5 Å². The second-order valence-electron chi connectivity index (χ2n) is 5.22. The summed E-state index contributed by atoms with van der Waals surface area (Å²) in [5.74, 6) is -0.951. The highest BCUT2D eigenvalue weighted by molar-refractivity contribution is 5.98. The summed E-state index contributed by atoms with van der Waals surface area (Å²) in [6.45, 7) is 10.0. The van der Waals surface area contributed by atoms with Gasteiger partial charge in [-0.2, -0.15) is 0 Å². The molecule has 0 fully saturated rings. The smallest absolute Gasteiger partial charge is 0.338 e. The van der Waals surface area contributed by atoms with Crippen molar-refractivity contribution in [2.75, 3.05) is 13.2 Å². The van der Waals surface area contributed by atoms with Crippen molar-refractivity contribution in [1.82, 2.24) is 0 Å². The largest absolute Gasteiger partial charge is 0.463 e. The summed E-state index contributed by atoms with van der Waals surface area (Å²) in [5.41, 5.74) is 4.56. The summed E-state index contributed by atoms with van der Waals surface area (Å²) in [6, 6.07) is 4.10. The fourth-order valence-corrected chi connectivity index (χ4v) is 2.31. The van der Waals surface area contributed by atoms with Gasteiger partial charge < -0.3 is 9.47 Å². The van der Waals surface area contributed by atoms with E-state index in [9.17, 15) is 9.59 Å². The summed E-state index contributed by atoms with van der Waals surface area (Å²) in [5, 5.41) is 0. The first-order chi connectivity index (χ1) is 10.9. The second-order valence-corrected chi connectivity index (χ2v) is 5.22. The summed E-state index contributed by atoms with van der Waals surface area (Å²) in [7, 11) is 0. The molecule has 0 aliphatic carbocycles. The van der Waals surface area contributed by atoms with Crippen LogP contribution in [-0.2, 0) is 19.1 Å². The number of aryl methyl sites for hydroxylation is 3. The van der Waals surface area contributed by atoms with E-state index in [2.05, 4.69) is 12.1 Å². The van der Waals surface area contributed by atoms with E-state index in [1.807, 2.05) is 20.8 Å². The zero-order valence-corrected chi connectivity index (χ0v) is 14.4. The minimum Gasteiger partial charge on any atom is -0.463 e. The molecule has 0 unspecified atom stereocenters. The summed E-state index contributed by atoms with van der Waals surface area (Å²) < 4.78 is 9.90. The molecule has 1 rings (SSSR count). The molecule has 0 saturated heterocycles. The zero-order chi connectivity index (χ0) is 17.4. The molecule has 0 atom stereocenters. The van der Waals surface area contributed by atoms with Crippen LogP contribution in [0.5, 0.6) is 0 Å². The third-order valence-corrected chi connectivity index (χ3v) is 3.23. The van der Waals surface area contributed by atoms with Crippen LogP contribution in [0.25, 0.3) is 6.08 Å². The van der Waals surface area contributed by atoms with E-state index in [0.717, 1.165) is 22.3 Å². The molecule has 0 aromatic heterocycles. The van der Waals surface area contributed by atoms with E-state index in [4.69, 9.17) is 9.47 Å². The van der Waals surface area contributed by atoms with Gasteiger partial charge in [0.05, 0.1) is 18.8 Å². The highest BCUT2D eigenvalue weighted by Crippen LogP contribution is 2.20. The van der Waals surface area contributed by atoms with Crippen LogP contribution in [0.15, 0.2) is 29.9 Å². The first-order valence-corrected chi connectivity index (χ1v) is 7.70. The molecule has 0 amide bonds. The lowest BCUT2D eigenvalue weighted by atomic mass is 9.97. The Bertz CT molecular complexity index is 616. The van der Waals surface area contributed by atoms with Crippen LogP contribution < -0.4 is 0 Å². The summed E-state index contributed by atoms with van der Waals surface area (Å²) in [4.78, 5) is 23.6. The maximum Gasteiger partial charge on any atom is 0.338 e. The van der Waals surface area contributed by atoms with E-state index in [1.54, 1.807) is 19.9 Å². The maximum atomic E-state index is 12.1. The third-order valence-electron chi connectivity index (χ3n) is 3.23. The minimum absolute atomic E-state index is 0.273. The van der Waals surface area contributed by atoms with Crippen LogP contribution in [0.1, 0.15) is 36.1 Å². The molecule has 124 valence electrons. The van der Waals surface area contributed by atoms with Gasteiger partial charge in [-0.15, -0.1) is 0 Å². The topological polar surface area (TPSA) is 52.6 Å². The van der Waals surface area contributed by atoms with Crippen molar-refractivity contribution >= 4 is 18.0 Å². The number of ether oxygens (including phenoxy) is 2. The van der Waals surface area contributed by atoms with Crippen LogP contribution >= 0.6 is 0 Å². The molecule has 23 heavy (non-hydrogen) atoms. The molecule has 0 aliphatic heterocycles. The van der Waals surface area contributed by atoms with E-state index in [-0.39, 0.29) is 13.2 Å². The molecular weight excluding hydrogens is 292 g/mol. The quantitative estimate of drug-likeness (QED) is 0.456. The number of esters is 2. The Balaban J connectivity index is 3.24. The fourth-order valence-electron chi connectivity index (χ4n) is 2.31. The van der Waals surface area contributed by atoms with E-state index < -0.39 is 11.9 Å². The van der Waals surface area contributed by atoms with E-state index >= 15 is 0 Å². The molecule has 0 aliphatic rings. The lowest BCUT2D eigenvalue weighted by Crippen LogP contribution is -2.07. The first kappa shape index (κ1) is 18.7. The van der Waals surface area contributed by atoms with Crippen LogP contribution in [0.4, 0.5) is 0 Å². The highest BCUT2D eigenvalue weighted by Gasteiger charge is 2.11. The first-order valence-electron chi connectivity index (χ1n) is 7.70.